The van der Waals surface area contributed by atoms with E-state index in [0.29, 0.717) is 43.3 Å². The molecule has 5 N–H and O–H groups in total. The number of fused-ring (bicyclic) bond motifs is 4. The predicted molar refractivity (Wildman–Crippen MR) is 94.0 cm³/mol. The van der Waals surface area contributed by atoms with Gasteiger partial charge in [0.25, 0.3) is 0 Å². The maximum absolute atomic E-state index is 12.5. The van der Waals surface area contributed by atoms with Crippen LogP contribution in [0.25, 0.3) is 0 Å². The Hall–Kier alpha value is -0.990. The highest BCUT2D eigenvalue weighted by Crippen LogP contribution is 2.69. The lowest BCUT2D eigenvalue weighted by Crippen LogP contribution is -2.66. The molecule has 0 aromatic rings. The Morgan fingerprint density at radius 3 is 2.41 bits per heavy atom. The first-order chi connectivity index (χ1) is 12.7. The van der Waals surface area contributed by atoms with Crippen LogP contribution in [0.3, 0.4) is 0 Å². The third-order valence-corrected chi connectivity index (χ3v) is 8.49. The number of aliphatic hydroxyl groups is 5. The molecule has 0 radical (unpaired) electrons. The van der Waals surface area contributed by atoms with Crippen molar-refractivity contribution in [3.8, 4) is 0 Å². The maximum atomic E-state index is 12.5. The fourth-order valence-electron chi connectivity index (χ4n) is 7.29. The summed E-state index contributed by atoms with van der Waals surface area (Å²) in [6, 6.07) is 0. The van der Waals surface area contributed by atoms with E-state index in [1.165, 1.54) is 0 Å². The van der Waals surface area contributed by atoms with Crippen LogP contribution in [0.2, 0.25) is 0 Å². The fraction of sp³-hybridized carbons (Fsp3) is 0.850. The van der Waals surface area contributed by atoms with Gasteiger partial charge in [-0.2, -0.15) is 0 Å². The molecular weight excluding hydrogens is 352 g/mol. The summed E-state index contributed by atoms with van der Waals surface area (Å²) >= 11 is 0. The van der Waals surface area contributed by atoms with Crippen molar-refractivity contribution in [2.75, 3.05) is 13.2 Å². The Kier molecular flexibility index (Phi) is 4.30. The van der Waals surface area contributed by atoms with Crippen LogP contribution in [-0.2, 0) is 9.53 Å². The van der Waals surface area contributed by atoms with E-state index in [1.807, 2.05) is 6.92 Å². The number of aliphatic hydroxyl groups excluding tert-OH is 5. The molecule has 7 heteroatoms. The number of carbonyl (C=O) groups excluding carboxylic acids is 1. The van der Waals surface area contributed by atoms with Gasteiger partial charge in [-0.15, -0.1) is 0 Å². The quantitative estimate of drug-likeness (QED) is 0.428. The molecule has 1 aliphatic heterocycles. The van der Waals surface area contributed by atoms with Crippen LogP contribution in [0.15, 0.2) is 11.1 Å². The molecule has 0 saturated heterocycles. The first-order valence-electron chi connectivity index (χ1n) is 9.86. The number of esters is 1. The van der Waals surface area contributed by atoms with Crippen LogP contribution >= 0.6 is 0 Å². The van der Waals surface area contributed by atoms with Gasteiger partial charge < -0.3 is 30.3 Å². The SMILES string of the molecule is C[C@]12C[C@H](O)[C@H](O)[C@](C)(CO)C1CC[C@@]1(CO)C3=C(CCC12)[C@H](O)OC3=O. The van der Waals surface area contributed by atoms with Crippen LogP contribution in [-0.4, -0.2) is 63.2 Å². The van der Waals surface area contributed by atoms with E-state index >= 15 is 0 Å². The molecule has 27 heavy (non-hydrogen) atoms. The van der Waals surface area contributed by atoms with Crippen LogP contribution in [0, 0.1) is 28.1 Å². The summed E-state index contributed by atoms with van der Waals surface area (Å²) in [6.07, 6.45) is -0.587. The largest absolute Gasteiger partial charge is 0.428 e. The molecule has 4 aliphatic rings. The molecule has 0 amide bonds. The van der Waals surface area contributed by atoms with Crippen molar-refractivity contribution in [1.29, 1.82) is 0 Å². The third-order valence-electron chi connectivity index (χ3n) is 8.49. The van der Waals surface area contributed by atoms with Gasteiger partial charge in [0.05, 0.1) is 31.0 Å². The van der Waals surface area contributed by atoms with Crippen LogP contribution in [0.5, 0.6) is 0 Å². The van der Waals surface area contributed by atoms with Gasteiger partial charge in [0.15, 0.2) is 0 Å². The monoisotopic (exact) mass is 382 g/mol. The molecule has 152 valence electrons. The fourth-order valence-corrected chi connectivity index (χ4v) is 7.29. The Labute approximate surface area is 158 Å². The average molecular weight is 382 g/mol. The van der Waals surface area contributed by atoms with Gasteiger partial charge in [0, 0.05) is 16.4 Å². The van der Waals surface area contributed by atoms with Gasteiger partial charge >= 0.3 is 5.97 Å². The van der Waals surface area contributed by atoms with E-state index in [1.54, 1.807) is 0 Å². The summed E-state index contributed by atoms with van der Waals surface area (Å²) in [5.41, 5.74) is -1.14. The average Bonchev–Trinajstić information content (AvgIpc) is 2.94. The summed E-state index contributed by atoms with van der Waals surface area (Å²) in [4.78, 5) is 12.5. The topological polar surface area (TPSA) is 127 Å². The van der Waals surface area contributed by atoms with E-state index in [9.17, 15) is 30.3 Å². The normalized spacial score (nSPS) is 52.1. The first-order valence-corrected chi connectivity index (χ1v) is 9.86. The second-order valence-corrected chi connectivity index (χ2v) is 9.54. The molecular formula is C20H30O7. The molecule has 2 saturated carbocycles. The Morgan fingerprint density at radius 2 is 1.78 bits per heavy atom. The molecule has 2 unspecified atom stereocenters. The van der Waals surface area contributed by atoms with E-state index in [0.717, 1.165) is 0 Å². The predicted octanol–water partition coefficient (Wildman–Crippen LogP) is 0.0873. The van der Waals surface area contributed by atoms with Crippen molar-refractivity contribution in [2.45, 2.75) is 64.4 Å². The number of hydrogen-bond acceptors (Lipinski definition) is 7. The van der Waals surface area contributed by atoms with E-state index < -0.39 is 40.7 Å². The third kappa shape index (κ3) is 2.23. The smallest absolute Gasteiger partial charge is 0.337 e. The second-order valence-electron chi connectivity index (χ2n) is 9.54. The lowest BCUT2D eigenvalue weighted by Gasteiger charge is -2.65. The lowest BCUT2D eigenvalue weighted by atomic mass is 9.39. The number of hydrogen-bond donors (Lipinski definition) is 5. The van der Waals surface area contributed by atoms with Gasteiger partial charge in [0.2, 0.25) is 6.29 Å². The maximum Gasteiger partial charge on any atom is 0.337 e. The van der Waals surface area contributed by atoms with Gasteiger partial charge in [-0.3, -0.25) is 0 Å². The van der Waals surface area contributed by atoms with Crippen LogP contribution in [0.1, 0.15) is 46.0 Å². The molecule has 0 aromatic carbocycles. The minimum atomic E-state index is -1.23. The van der Waals surface area contributed by atoms with E-state index in [4.69, 9.17) is 4.74 Å². The molecule has 1 heterocycles. The van der Waals surface area contributed by atoms with E-state index in [2.05, 4.69) is 6.92 Å². The van der Waals surface area contributed by atoms with Gasteiger partial charge in [-0.1, -0.05) is 13.8 Å². The zero-order valence-electron chi connectivity index (χ0n) is 15.9. The minimum absolute atomic E-state index is 0.0532. The Balaban J connectivity index is 1.84. The summed E-state index contributed by atoms with van der Waals surface area (Å²) in [6.45, 7) is 3.40. The van der Waals surface area contributed by atoms with E-state index in [-0.39, 0.29) is 25.0 Å². The molecule has 0 spiro atoms. The summed E-state index contributed by atoms with van der Waals surface area (Å²) in [5, 5.41) is 51.9. The zero-order chi connectivity index (χ0) is 19.8. The summed E-state index contributed by atoms with van der Waals surface area (Å²) in [5.74, 6) is -0.722. The molecule has 2 fully saturated rings. The number of rotatable bonds is 2. The number of ether oxygens (including phenoxy) is 1. The molecule has 8 atom stereocenters. The van der Waals surface area contributed by atoms with Crippen LogP contribution < -0.4 is 0 Å². The Bertz CT molecular complexity index is 690. The Morgan fingerprint density at radius 1 is 1.07 bits per heavy atom. The standard InChI is InChI=1S/C20H30O7/c1-18-7-11(23)15(24)19(2,8-21)12(18)5-6-20(9-22)13(18)4-3-10-14(20)17(26)27-16(10)25/h11-13,15-16,21-25H,3-9H2,1-2H3/t11-,12?,13?,15-,16+,18-,19+,20-/m0/s1. The highest BCUT2D eigenvalue weighted by atomic mass is 16.6. The molecule has 0 aromatic heterocycles. The van der Waals surface area contributed by atoms with Crippen molar-refractivity contribution in [3.63, 3.8) is 0 Å². The van der Waals surface area contributed by atoms with Crippen molar-refractivity contribution in [3.05, 3.63) is 11.1 Å². The van der Waals surface area contributed by atoms with Crippen molar-refractivity contribution >= 4 is 5.97 Å². The molecule has 7 nitrogen and oxygen atoms in total. The molecule has 3 aliphatic carbocycles. The second kappa shape index (κ2) is 6.00. The number of cyclic esters (lactones) is 1. The highest BCUT2D eigenvalue weighted by Gasteiger charge is 2.67. The minimum Gasteiger partial charge on any atom is -0.428 e. The highest BCUT2D eigenvalue weighted by molar-refractivity contribution is 5.94. The molecule has 4 rings (SSSR count). The van der Waals surface area contributed by atoms with Crippen molar-refractivity contribution in [1.82, 2.24) is 0 Å². The lowest BCUT2D eigenvalue weighted by molar-refractivity contribution is -0.229. The zero-order valence-corrected chi connectivity index (χ0v) is 15.9. The summed E-state index contributed by atoms with van der Waals surface area (Å²) < 4.78 is 5.06. The van der Waals surface area contributed by atoms with Gasteiger partial charge in [-0.05, 0) is 49.4 Å². The van der Waals surface area contributed by atoms with Crippen LogP contribution in [0.4, 0.5) is 0 Å². The number of carbonyl (C=O) groups is 1. The van der Waals surface area contributed by atoms with Gasteiger partial charge in [0.1, 0.15) is 0 Å². The first kappa shape index (κ1) is 19.3. The van der Waals surface area contributed by atoms with Gasteiger partial charge in [-0.25, -0.2) is 4.79 Å². The molecule has 0 bridgehead atoms. The van der Waals surface area contributed by atoms with Crippen molar-refractivity contribution < 1.29 is 35.1 Å². The summed E-state index contributed by atoms with van der Waals surface area (Å²) in [7, 11) is 0. The van der Waals surface area contributed by atoms with Crippen molar-refractivity contribution in [2.24, 2.45) is 28.1 Å².